The zero-order valence-corrected chi connectivity index (χ0v) is 17.4. The summed E-state index contributed by atoms with van der Waals surface area (Å²) in [5.74, 6) is 0.695. The number of fused-ring (bicyclic) bond motifs is 1. The second-order valence-corrected chi connectivity index (χ2v) is 8.69. The number of nitrogens with zero attached hydrogens (tertiary/aromatic N) is 5. The van der Waals surface area contributed by atoms with Crippen LogP contribution in [0.2, 0.25) is 0 Å². The lowest BCUT2D eigenvalue weighted by molar-refractivity contribution is 0.252. The minimum absolute atomic E-state index is 0.196. The van der Waals surface area contributed by atoms with Gasteiger partial charge in [-0.25, -0.2) is 14.6 Å². The first-order valence-corrected chi connectivity index (χ1v) is 10.4. The van der Waals surface area contributed by atoms with Gasteiger partial charge in [0.05, 0.1) is 11.9 Å². The van der Waals surface area contributed by atoms with Crippen LogP contribution in [0.25, 0.3) is 11.6 Å². The molecule has 0 spiro atoms. The van der Waals surface area contributed by atoms with Crippen LogP contribution < -0.4 is 5.32 Å². The summed E-state index contributed by atoms with van der Waals surface area (Å²) in [5, 5.41) is 8.53. The van der Waals surface area contributed by atoms with Crippen molar-refractivity contribution < 1.29 is 0 Å². The van der Waals surface area contributed by atoms with Gasteiger partial charge >= 0.3 is 0 Å². The van der Waals surface area contributed by atoms with E-state index in [2.05, 4.69) is 64.1 Å². The Balaban J connectivity index is 1.42. The SMILES string of the molecule is CC1(C)Cc2c(cnn2-c2ccccc2)C(NCc2cccn2-c2ncccn2)C1. The van der Waals surface area contributed by atoms with Gasteiger partial charge in [-0.3, -0.25) is 4.57 Å². The number of aromatic nitrogens is 5. The number of benzene rings is 1. The van der Waals surface area contributed by atoms with Gasteiger partial charge in [0, 0.05) is 48.1 Å². The Morgan fingerprint density at radius 2 is 1.83 bits per heavy atom. The van der Waals surface area contributed by atoms with Crippen LogP contribution in [0, 0.1) is 5.41 Å². The summed E-state index contributed by atoms with van der Waals surface area (Å²) in [5.41, 5.74) is 5.05. The molecule has 6 nitrogen and oxygen atoms in total. The minimum atomic E-state index is 0.196. The Bertz CT molecular complexity index is 1130. The molecule has 1 unspecified atom stereocenters. The molecule has 0 saturated heterocycles. The van der Waals surface area contributed by atoms with Crippen LogP contribution in [0.1, 0.15) is 43.3 Å². The van der Waals surface area contributed by atoms with Gasteiger partial charge in [-0.15, -0.1) is 0 Å². The van der Waals surface area contributed by atoms with Crippen LogP contribution in [0.5, 0.6) is 0 Å². The Morgan fingerprint density at radius 1 is 1.03 bits per heavy atom. The molecule has 0 fully saturated rings. The third-order valence-electron chi connectivity index (χ3n) is 5.81. The number of hydrogen-bond acceptors (Lipinski definition) is 4. The van der Waals surface area contributed by atoms with E-state index in [1.54, 1.807) is 12.4 Å². The van der Waals surface area contributed by atoms with Crippen molar-refractivity contribution in [3.8, 4) is 11.6 Å². The van der Waals surface area contributed by atoms with E-state index in [1.165, 1.54) is 11.3 Å². The maximum Gasteiger partial charge on any atom is 0.233 e. The van der Waals surface area contributed by atoms with Crippen LogP contribution in [0.4, 0.5) is 0 Å². The molecule has 5 rings (SSSR count). The maximum absolute atomic E-state index is 4.75. The van der Waals surface area contributed by atoms with Gasteiger partial charge in [-0.05, 0) is 48.6 Å². The van der Waals surface area contributed by atoms with Gasteiger partial charge in [0.15, 0.2) is 0 Å². The number of hydrogen-bond donors (Lipinski definition) is 1. The minimum Gasteiger partial charge on any atom is -0.304 e. The molecule has 4 aromatic rings. The molecular weight excluding hydrogens is 372 g/mol. The van der Waals surface area contributed by atoms with E-state index >= 15 is 0 Å². The van der Waals surface area contributed by atoms with Gasteiger partial charge in [0.25, 0.3) is 0 Å². The van der Waals surface area contributed by atoms with Gasteiger partial charge < -0.3 is 5.32 Å². The highest BCUT2D eigenvalue weighted by Crippen LogP contribution is 2.41. The summed E-state index contributed by atoms with van der Waals surface area (Å²) in [7, 11) is 0. The molecular formula is C24H26N6. The molecule has 3 heterocycles. The molecule has 1 aliphatic rings. The fourth-order valence-electron chi connectivity index (χ4n) is 4.42. The normalized spacial score (nSPS) is 17.6. The molecule has 0 bridgehead atoms. The van der Waals surface area contributed by atoms with Crippen LogP contribution >= 0.6 is 0 Å². The van der Waals surface area contributed by atoms with E-state index < -0.39 is 0 Å². The van der Waals surface area contributed by atoms with E-state index in [0.717, 1.165) is 30.8 Å². The Hall–Kier alpha value is -3.25. The van der Waals surface area contributed by atoms with Crippen LogP contribution in [-0.2, 0) is 13.0 Å². The quantitative estimate of drug-likeness (QED) is 0.546. The van der Waals surface area contributed by atoms with E-state index in [1.807, 2.05) is 35.2 Å². The van der Waals surface area contributed by atoms with Crippen molar-refractivity contribution in [1.29, 1.82) is 0 Å². The van der Waals surface area contributed by atoms with E-state index in [0.29, 0.717) is 5.95 Å². The molecule has 1 aromatic carbocycles. The van der Waals surface area contributed by atoms with E-state index in [4.69, 9.17) is 5.10 Å². The third-order valence-corrected chi connectivity index (χ3v) is 5.81. The fraction of sp³-hybridized carbons (Fsp3) is 0.292. The van der Waals surface area contributed by atoms with Gasteiger partial charge in [-0.2, -0.15) is 5.10 Å². The second-order valence-electron chi connectivity index (χ2n) is 8.69. The smallest absolute Gasteiger partial charge is 0.233 e. The van der Waals surface area contributed by atoms with Gasteiger partial charge in [0.1, 0.15) is 0 Å². The Labute approximate surface area is 176 Å². The fourth-order valence-corrected chi connectivity index (χ4v) is 4.42. The second kappa shape index (κ2) is 7.54. The summed E-state index contributed by atoms with van der Waals surface area (Å²) in [6.45, 7) is 5.42. The predicted octanol–water partition coefficient (Wildman–Crippen LogP) is 4.26. The molecule has 152 valence electrons. The van der Waals surface area contributed by atoms with Crippen molar-refractivity contribution in [2.45, 2.75) is 39.3 Å². The van der Waals surface area contributed by atoms with Crippen molar-refractivity contribution in [3.63, 3.8) is 0 Å². The molecule has 0 radical (unpaired) electrons. The predicted molar refractivity (Wildman–Crippen MR) is 117 cm³/mol. The number of rotatable bonds is 5. The van der Waals surface area contributed by atoms with Gasteiger partial charge in [-0.1, -0.05) is 32.0 Å². The zero-order valence-electron chi connectivity index (χ0n) is 17.4. The lowest BCUT2D eigenvalue weighted by Gasteiger charge is -2.36. The monoisotopic (exact) mass is 398 g/mol. The van der Waals surface area contributed by atoms with Crippen LogP contribution in [0.15, 0.2) is 73.3 Å². The summed E-state index contributed by atoms with van der Waals surface area (Å²) >= 11 is 0. The maximum atomic E-state index is 4.75. The molecule has 0 aliphatic heterocycles. The third kappa shape index (κ3) is 3.55. The number of nitrogens with one attached hydrogen (secondary N) is 1. The van der Waals surface area contributed by atoms with Crippen LogP contribution in [0.3, 0.4) is 0 Å². The highest BCUT2D eigenvalue weighted by Gasteiger charge is 2.35. The highest BCUT2D eigenvalue weighted by molar-refractivity contribution is 5.38. The summed E-state index contributed by atoms with van der Waals surface area (Å²) in [4.78, 5) is 8.77. The van der Waals surface area contributed by atoms with Crippen molar-refractivity contribution in [1.82, 2.24) is 29.6 Å². The average Bonchev–Trinajstić information content (AvgIpc) is 3.39. The van der Waals surface area contributed by atoms with Crippen molar-refractivity contribution in [3.05, 3.63) is 90.3 Å². The van der Waals surface area contributed by atoms with Crippen molar-refractivity contribution in [2.75, 3.05) is 0 Å². The molecule has 1 atom stereocenters. The first-order valence-electron chi connectivity index (χ1n) is 10.4. The summed E-state index contributed by atoms with van der Waals surface area (Å²) in [6.07, 6.45) is 9.68. The lowest BCUT2D eigenvalue weighted by atomic mass is 9.74. The molecule has 3 aromatic heterocycles. The zero-order chi connectivity index (χ0) is 20.6. The van der Waals surface area contributed by atoms with Crippen LogP contribution in [-0.4, -0.2) is 24.3 Å². The van der Waals surface area contributed by atoms with Crippen molar-refractivity contribution in [2.24, 2.45) is 5.41 Å². The van der Waals surface area contributed by atoms with E-state index in [-0.39, 0.29) is 11.5 Å². The Kier molecular flexibility index (Phi) is 4.71. The van der Waals surface area contributed by atoms with Crippen molar-refractivity contribution >= 4 is 0 Å². The topological polar surface area (TPSA) is 60.6 Å². The highest BCUT2D eigenvalue weighted by atomic mass is 15.3. The molecule has 30 heavy (non-hydrogen) atoms. The molecule has 1 aliphatic carbocycles. The molecule has 1 N–H and O–H groups in total. The Morgan fingerprint density at radius 3 is 2.63 bits per heavy atom. The molecule has 0 amide bonds. The number of para-hydroxylation sites is 1. The lowest BCUT2D eigenvalue weighted by Crippen LogP contribution is -2.34. The van der Waals surface area contributed by atoms with E-state index in [9.17, 15) is 0 Å². The first kappa shape index (κ1) is 18.8. The molecule has 0 saturated carbocycles. The standard InChI is InChI=1S/C24H26N6/c1-24(2)14-21(20-17-28-30(22(20)15-24)18-8-4-3-5-9-18)27-16-19-10-6-13-29(19)23-25-11-7-12-26-23/h3-13,17,21,27H,14-16H2,1-2H3. The first-order chi connectivity index (χ1) is 14.6. The molecule has 6 heteroatoms. The van der Waals surface area contributed by atoms with Gasteiger partial charge in [0.2, 0.25) is 5.95 Å². The summed E-state index contributed by atoms with van der Waals surface area (Å²) in [6, 6.07) is 16.6. The summed E-state index contributed by atoms with van der Waals surface area (Å²) < 4.78 is 4.14. The average molecular weight is 399 g/mol. The largest absolute Gasteiger partial charge is 0.304 e.